The van der Waals surface area contributed by atoms with E-state index in [4.69, 9.17) is 5.26 Å². The highest BCUT2D eigenvalue weighted by atomic mass is 16.3. The van der Waals surface area contributed by atoms with Crippen LogP contribution in [0.1, 0.15) is 37.8 Å². The maximum Gasteiger partial charge on any atom is 0.142 e. The second kappa shape index (κ2) is 5.65. The molecule has 0 aliphatic heterocycles. The van der Waals surface area contributed by atoms with E-state index in [0.717, 1.165) is 31.4 Å². The van der Waals surface area contributed by atoms with E-state index >= 15 is 0 Å². The Labute approximate surface area is 101 Å². The molecule has 17 heavy (non-hydrogen) atoms. The molecule has 2 rings (SSSR count). The van der Waals surface area contributed by atoms with Crippen LogP contribution in [0.2, 0.25) is 0 Å². The normalized spacial score (nSPS) is 24.7. The molecule has 0 spiro atoms. The molecule has 4 heteroatoms. The van der Waals surface area contributed by atoms with Gasteiger partial charge in [-0.25, -0.2) is 4.98 Å². The van der Waals surface area contributed by atoms with Crippen LogP contribution in [0.15, 0.2) is 18.3 Å². The molecule has 1 heterocycles. The summed E-state index contributed by atoms with van der Waals surface area (Å²) < 4.78 is 0. The van der Waals surface area contributed by atoms with Gasteiger partial charge in [-0.15, -0.1) is 0 Å². The molecule has 0 aromatic carbocycles. The van der Waals surface area contributed by atoms with Crippen LogP contribution in [0.5, 0.6) is 0 Å². The highest BCUT2D eigenvalue weighted by Crippen LogP contribution is 2.21. The quantitative estimate of drug-likeness (QED) is 0.764. The molecule has 0 amide bonds. The molecule has 2 atom stereocenters. The van der Waals surface area contributed by atoms with Gasteiger partial charge < -0.3 is 10.4 Å². The molecule has 1 aliphatic carbocycles. The maximum absolute atomic E-state index is 9.99. The van der Waals surface area contributed by atoms with E-state index in [1.54, 1.807) is 12.3 Å². The van der Waals surface area contributed by atoms with E-state index < -0.39 is 0 Å². The topological polar surface area (TPSA) is 68.9 Å². The van der Waals surface area contributed by atoms with E-state index in [-0.39, 0.29) is 12.1 Å². The minimum absolute atomic E-state index is 0.0893. The van der Waals surface area contributed by atoms with Gasteiger partial charge in [0.05, 0.1) is 12.1 Å². The summed E-state index contributed by atoms with van der Waals surface area (Å²) in [6, 6.07) is 5.66. The molecule has 1 fully saturated rings. The van der Waals surface area contributed by atoms with Crippen molar-refractivity contribution in [2.24, 2.45) is 0 Å². The molecular formula is C13H17N3O. The third-order valence-corrected chi connectivity index (χ3v) is 3.21. The lowest BCUT2D eigenvalue weighted by atomic mass is 10.1. The van der Waals surface area contributed by atoms with Crippen molar-refractivity contribution < 1.29 is 5.11 Å². The fourth-order valence-corrected chi connectivity index (χ4v) is 2.25. The van der Waals surface area contributed by atoms with E-state index in [0.29, 0.717) is 5.69 Å². The van der Waals surface area contributed by atoms with Gasteiger partial charge >= 0.3 is 0 Å². The average Bonchev–Trinajstić information content (AvgIpc) is 2.55. The van der Waals surface area contributed by atoms with Gasteiger partial charge in [-0.3, -0.25) is 0 Å². The number of pyridine rings is 1. The van der Waals surface area contributed by atoms with Crippen molar-refractivity contribution in [2.75, 3.05) is 5.32 Å². The summed E-state index contributed by atoms with van der Waals surface area (Å²) in [4.78, 5) is 3.92. The van der Waals surface area contributed by atoms with Gasteiger partial charge in [-0.05, 0) is 25.0 Å². The van der Waals surface area contributed by atoms with Crippen molar-refractivity contribution in [3.8, 4) is 6.07 Å². The standard InChI is InChI=1S/C13H17N3O/c14-9-11-8-10(6-7-15-11)16-12-4-2-1-3-5-13(12)17/h6-8,12-13,17H,1-5H2,(H,15,16). The van der Waals surface area contributed by atoms with Gasteiger partial charge in [0.2, 0.25) is 0 Å². The number of nitrogens with one attached hydrogen (secondary N) is 1. The first-order valence-electron chi connectivity index (χ1n) is 6.10. The molecule has 1 aromatic rings. The highest BCUT2D eigenvalue weighted by Gasteiger charge is 2.21. The van der Waals surface area contributed by atoms with Crippen LogP contribution in [-0.2, 0) is 0 Å². The van der Waals surface area contributed by atoms with Gasteiger partial charge in [-0.1, -0.05) is 19.3 Å². The van der Waals surface area contributed by atoms with E-state index in [2.05, 4.69) is 10.3 Å². The molecule has 0 radical (unpaired) electrons. The van der Waals surface area contributed by atoms with Crippen LogP contribution in [0.3, 0.4) is 0 Å². The molecule has 2 N–H and O–H groups in total. The highest BCUT2D eigenvalue weighted by molar-refractivity contribution is 5.46. The number of anilines is 1. The number of nitriles is 1. The Bertz CT molecular complexity index is 413. The number of hydrogen-bond donors (Lipinski definition) is 2. The molecule has 1 aromatic heterocycles. The number of aromatic nitrogens is 1. The lowest BCUT2D eigenvalue weighted by Gasteiger charge is -2.22. The fraction of sp³-hybridized carbons (Fsp3) is 0.538. The van der Waals surface area contributed by atoms with Crippen molar-refractivity contribution in [3.63, 3.8) is 0 Å². The number of rotatable bonds is 2. The van der Waals surface area contributed by atoms with Crippen molar-refractivity contribution in [3.05, 3.63) is 24.0 Å². The van der Waals surface area contributed by atoms with Crippen molar-refractivity contribution in [1.82, 2.24) is 4.98 Å². The predicted molar refractivity (Wildman–Crippen MR) is 65.5 cm³/mol. The van der Waals surface area contributed by atoms with Crippen LogP contribution in [0, 0.1) is 11.3 Å². The first kappa shape index (κ1) is 11.9. The Hall–Kier alpha value is -1.60. The summed E-state index contributed by atoms with van der Waals surface area (Å²) in [5.41, 5.74) is 1.26. The zero-order chi connectivity index (χ0) is 12.1. The van der Waals surface area contributed by atoms with Gasteiger partial charge in [0.1, 0.15) is 11.8 Å². The zero-order valence-electron chi connectivity index (χ0n) is 9.76. The van der Waals surface area contributed by atoms with Crippen molar-refractivity contribution >= 4 is 5.69 Å². The number of aliphatic hydroxyl groups is 1. The van der Waals surface area contributed by atoms with E-state index in [1.165, 1.54) is 6.42 Å². The molecule has 0 saturated heterocycles. The Morgan fingerprint density at radius 1 is 1.35 bits per heavy atom. The summed E-state index contributed by atoms with van der Waals surface area (Å²) in [7, 11) is 0. The SMILES string of the molecule is N#Cc1cc(NC2CCCCCC2O)ccn1. The number of nitrogens with zero attached hydrogens (tertiary/aromatic N) is 2. The van der Waals surface area contributed by atoms with E-state index in [1.807, 2.05) is 12.1 Å². The summed E-state index contributed by atoms with van der Waals surface area (Å²) in [5.74, 6) is 0. The monoisotopic (exact) mass is 231 g/mol. The molecule has 2 unspecified atom stereocenters. The molecular weight excluding hydrogens is 214 g/mol. The first-order chi connectivity index (χ1) is 8.29. The molecule has 1 saturated carbocycles. The Kier molecular flexibility index (Phi) is 3.94. The summed E-state index contributed by atoms with van der Waals surface area (Å²) >= 11 is 0. The Morgan fingerprint density at radius 3 is 3.00 bits per heavy atom. The number of hydrogen-bond acceptors (Lipinski definition) is 4. The minimum Gasteiger partial charge on any atom is -0.391 e. The number of aliphatic hydroxyl groups excluding tert-OH is 1. The fourth-order valence-electron chi connectivity index (χ4n) is 2.25. The van der Waals surface area contributed by atoms with Gasteiger partial charge in [0.25, 0.3) is 0 Å². The van der Waals surface area contributed by atoms with Crippen LogP contribution < -0.4 is 5.32 Å². The zero-order valence-corrected chi connectivity index (χ0v) is 9.76. The molecule has 1 aliphatic rings. The molecule has 0 bridgehead atoms. The van der Waals surface area contributed by atoms with E-state index in [9.17, 15) is 5.11 Å². The predicted octanol–water partition coefficient (Wildman–Crippen LogP) is 2.06. The van der Waals surface area contributed by atoms with Crippen LogP contribution in [-0.4, -0.2) is 22.2 Å². The lowest BCUT2D eigenvalue weighted by molar-refractivity contribution is 0.144. The third kappa shape index (κ3) is 3.18. The smallest absolute Gasteiger partial charge is 0.142 e. The van der Waals surface area contributed by atoms with Crippen LogP contribution in [0.4, 0.5) is 5.69 Å². The van der Waals surface area contributed by atoms with Gasteiger partial charge in [0, 0.05) is 11.9 Å². The van der Waals surface area contributed by atoms with Gasteiger partial charge in [-0.2, -0.15) is 5.26 Å². The third-order valence-electron chi connectivity index (χ3n) is 3.21. The first-order valence-corrected chi connectivity index (χ1v) is 6.10. The van der Waals surface area contributed by atoms with Crippen molar-refractivity contribution in [2.45, 2.75) is 44.2 Å². The summed E-state index contributed by atoms with van der Waals surface area (Å²) in [6.45, 7) is 0. The second-order valence-corrected chi connectivity index (χ2v) is 4.50. The summed E-state index contributed by atoms with van der Waals surface area (Å²) in [5, 5.41) is 22.1. The van der Waals surface area contributed by atoms with Crippen molar-refractivity contribution in [1.29, 1.82) is 5.26 Å². The van der Waals surface area contributed by atoms with Crippen LogP contribution >= 0.6 is 0 Å². The lowest BCUT2D eigenvalue weighted by Crippen LogP contribution is -2.32. The van der Waals surface area contributed by atoms with Crippen LogP contribution in [0.25, 0.3) is 0 Å². The average molecular weight is 231 g/mol. The second-order valence-electron chi connectivity index (χ2n) is 4.50. The molecule has 90 valence electrons. The largest absolute Gasteiger partial charge is 0.391 e. The maximum atomic E-state index is 9.99. The Balaban J connectivity index is 2.05. The van der Waals surface area contributed by atoms with Gasteiger partial charge in [0.15, 0.2) is 0 Å². The molecule has 4 nitrogen and oxygen atoms in total. The minimum atomic E-state index is -0.295. The Morgan fingerprint density at radius 2 is 2.18 bits per heavy atom. The summed E-state index contributed by atoms with van der Waals surface area (Å²) in [6.07, 6.45) is 6.58.